The van der Waals surface area contributed by atoms with Gasteiger partial charge < -0.3 is 10.2 Å². The van der Waals surface area contributed by atoms with E-state index >= 15 is 0 Å². The standard InChI is InChI=1S/C16H11FN2O5S2/c17-11-4-1-9(2-5-11)15-18-8-14(25-15)19(26(23)24)12-6-3-10(16(21)22)7-13(12)20/h1-8,20,26H,(H,21,22). The molecule has 7 nitrogen and oxygen atoms in total. The van der Waals surface area contributed by atoms with Gasteiger partial charge in [0.05, 0.1) is 17.4 Å². The Balaban J connectivity index is 2.02. The fraction of sp³-hybridized carbons (Fsp3) is 0. The van der Waals surface area contributed by atoms with Crippen LogP contribution in [-0.4, -0.2) is 29.6 Å². The zero-order valence-electron chi connectivity index (χ0n) is 12.9. The van der Waals surface area contributed by atoms with E-state index in [0.29, 0.717) is 10.6 Å². The second kappa shape index (κ2) is 7.10. The van der Waals surface area contributed by atoms with Crippen LogP contribution in [0.2, 0.25) is 0 Å². The molecule has 1 aromatic heterocycles. The van der Waals surface area contributed by atoms with E-state index in [1.54, 1.807) is 0 Å². The van der Waals surface area contributed by atoms with Crippen molar-refractivity contribution >= 4 is 38.9 Å². The van der Waals surface area contributed by atoms with Crippen LogP contribution in [0.1, 0.15) is 10.4 Å². The number of rotatable bonds is 5. The normalized spacial score (nSPS) is 10.8. The van der Waals surface area contributed by atoms with Gasteiger partial charge in [0.2, 0.25) is 10.9 Å². The van der Waals surface area contributed by atoms with Crippen LogP contribution in [0.25, 0.3) is 10.6 Å². The van der Waals surface area contributed by atoms with Crippen molar-refractivity contribution in [2.75, 3.05) is 4.31 Å². The van der Waals surface area contributed by atoms with Crippen LogP contribution in [0.5, 0.6) is 5.75 Å². The first-order valence-corrected chi connectivity index (χ1v) is 9.04. The summed E-state index contributed by atoms with van der Waals surface area (Å²) >= 11 is 1.02. The highest BCUT2D eigenvalue weighted by atomic mass is 32.2. The Morgan fingerprint density at radius 2 is 1.85 bits per heavy atom. The molecular weight excluding hydrogens is 383 g/mol. The molecule has 1 heterocycles. The number of aromatic hydroxyl groups is 1. The molecule has 0 saturated carbocycles. The third-order valence-electron chi connectivity index (χ3n) is 3.41. The smallest absolute Gasteiger partial charge is 0.335 e. The lowest BCUT2D eigenvalue weighted by Crippen LogP contribution is -2.13. The molecule has 0 fully saturated rings. The fourth-order valence-electron chi connectivity index (χ4n) is 2.21. The fourth-order valence-corrected chi connectivity index (χ4v) is 3.94. The number of nitrogens with zero attached hydrogens (tertiary/aromatic N) is 2. The lowest BCUT2D eigenvalue weighted by molar-refractivity contribution is 0.0696. The van der Waals surface area contributed by atoms with Crippen molar-refractivity contribution < 1.29 is 27.8 Å². The van der Waals surface area contributed by atoms with E-state index in [1.807, 2.05) is 0 Å². The van der Waals surface area contributed by atoms with Gasteiger partial charge in [0.1, 0.15) is 21.6 Å². The van der Waals surface area contributed by atoms with E-state index in [2.05, 4.69) is 4.98 Å². The van der Waals surface area contributed by atoms with Gasteiger partial charge in [0.25, 0.3) is 0 Å². The molecule has 26 heavy (non-hydrogen) atoms. The summed E-state index contributed by atoms with van der Waals surface area (Å²) < 4.78 is 37.3. The molecule has 10 heteroatoms. The van der Waals surface area contributed by atoms with E-state index in [9.17, 15) is 22.7 Å². The van der Waals surface area contributed by atoms with Gasteiger partial charge in [0, 0.05) is 5.56 Å². The van der Waals surface area contributed by atoms with Crippen LogP contribution in [0.3, 0.4) is 0 Å². The first-order valence-electron chi connectivity index (χ1n) is 7.09. The molecule has 0 unspecified atom stereocenters. The van der Waals surface area contributed by atoms with Crippen molar-refractivity contribution in [3.63, 3.8) is 0 Å². The average Bonchev–Trinajstić information content (AvgIpc) is 3.06. The molecule has 0 amide bonds. The number of carboxylic acid groups (broad SMARTS) is 1. The Kier molecular flexibility index (Phi) is 4.87. The summed E-state index contributed by atoms with van der Waals surface area (Å²) in [5.41, 5.74) is 0.332. The Morgan fingerprint density at radius 3 is 2.42 bits per heavy atom. The summed E-state index contributed by atoms with van der Waals surface area (Å²) in [6.45, 7) is 0. The number of carboxylic acids is 1. The molecule has 134 valence electrons. The minimum Gasteiger partial charge on any atom is -0.506 e. The zero-order chi connectivity index (χ0) is 18.8. The summed E-state index contributed by atoms with van der Waals surface area (Å²) in [7, 11) is -3.18. The maximum atomic E-state index is 13.0. The summed E-state index contributed by atoms with van der Waals surface area (Å²) in [5, 5.41) is 19.6. The van der Waals surface area contributed by atoms with Crippen molar-refractivity contribution in [3.8, 4) is 16.3 Å². The van der Waals surface area contributed by atoms with Gasteiger partial charge in [-0.25, -0.2) is 26.9 Å². The third kappa shape index (κ3) is 3.51. The van der Waals surface area contributed by atoms with Gasteiger partial charge >= 0.3 is 5.97 Å². The second-order valence-corrected chi connectivity index (χ2v) is 6.95. The average molecular weight is 394 g/mol. The van der Waals surface area contributed by atoms with E-state index in [-0.39, 0.29) is 16.3 Å². The molecule has 0 atom stereocenters. The first-order chi connectivity index (χ1) is 12.4. The Morgan fingerprint density at radius 1 is 1.15 bits per heavy atom. The molecule has 0 aliphatic rings. The van der Waals surface area contributed by atoms with Gasteiger partial charge in [-0.05, 0) is 42.5 Å². The van der Waals surface area contributed by atoms with Crippen molar-refractivity contribution in [1.29, 1.82) is 0 Å². The lowest BCUT2D eigenvalue weighted by atomic mass is 10.2. The molecule has 3 rings (SSSR count). The van der Waals surface area contributed by atoms with Crippen LogP contribution in [0.15, 0.2) is 48.7 Å². The number of halogens is 1. The van der Waals surface area contributed by atoms with Gasteiger partial charge in [-0.3, -0.25) is 0 Å². The molecule has 2 aromatic carbocycles. The highest BCUT2D eigenvalue weighted by molar-refractivity contribution is 7.74. The molecule has 0 bridgehead atoms. The number of aromatic nitrogens is 1. The van der Waals surface area contributed by atoms with E-state index < -0.39 is 28.4 Å². The first kappa shape index (κ1) is 17.8. The zero-order valence-corrected chi connectivity index (χ0v) is 14.6. The topological polar surface area (TPSA) is 108 Å². The number of thiazole rings is 1. The van der Waals surface area contributed by atoms with Gasteiger partial charge in [-0.1, -0.05) is 11.3 Å². The molecular formula is C16H11FN2O5S2. The van der Waals surface area contributed by atoms with Crippen molar-refractivity contribution in [2.45, 2.75) is 0 Å². The summed E-state index contributed by atoms with van der Waals surface area (Å²) in [6, 6.07) is 8.90. The van der Waals surface area contributed by atoms with Crippen LogP contribution >= 0.6 is 11.3 Å². The number of hydrogen-bond donors (Lipinski definition) is 3. The number of phenolic OH excluding ortho intramolecular Hbond substituents is 1. The lowest BCUT2D eigenvalue weighted by Gasteiger charge is -2.16. The Bertz CT molecular complexity index is 1040. The highest BCUT2D eigenvalue weighted by Crippen LogP contribution is 2.39. The highest BCUT2D eigenvalue weighted by Gasteiger charge is 2.20. The van der Waals surface area contributed by atoms with Crippen LogP contribution in [-0.2, 0) is 10.9 Å². The van der Waals surface area contributed by atoms with E-state index in [0.717, 1.165) is 21.7 Å². The number of thiol groups is 1. The monoisotopic (exact) mass is 394 g/mol. The Hall–Kier alpha value is -2.98. The maximum absolute atomic E-state index is 13.0. The van der Waals surface area contributed by atoms with Crippen LogP contribution < -0.4 is 4.31 Å². The minimum absolute atomic E-state index is 0.0968. The van der Waals surface area contributed by atoms with Crippen LogP contribution in [0.4, 0.5) is 15.1 Å². The number of carbonyl (C=O) groups is 1. The second-order valence-electron chi connectivity index (χ2n) is 5.07. The van der Waals surface area contributed by atoms with E-state index in [1.165, 1.54) is 42.6 Å². The molecule has 2 N–H and O–H groups in total. The molecule has 0 saturated heterocycles. The predicted octanol–water partition coefficient (Wildman–Crippen LogP) is 3.02. The summed E-state index contributed by atoms with van der Waals surface area (Å²) in [6.07, 6.45) is 1.30. The molecule has 3 aromatic rings. The molecule has 0 aliphatic heterocycles. The summed E-state index contributed by atoms with van der Waals surface area (Å²) in [5.74, 6) is -2.15. The quantitative estimate of drug-likeness (QED) is 0.574. The summed E-state index contributed by atoms with van der Waals surface area (Å²) in [4.78, 5) is 15.1. The van der Waals surface area contributed by atoms with Gasteiger partial charge in [-0.15, -0.1) is 0 Å². The maximum Gasteiger partial charge on any atom is 0.335 e. The predicted molar refractivity (Wildman–Crippen MR) is 95.0 cm³/mol. The van der Waals surface area contributed by atoms with Gasteiger partial charge in [0.15, 0.2) is 0 Å². The molecule has 0 spiro atoms. The number of anilines is 2. The molecule has 0 radical (unpaired) electrons. The van der Waals surface area contributed by atoms with Crippen molar-refractivity contribution in [1.82, 2.24) is 4.98 Å². The minimum atomic E-state index is -3.18. The van der Waals surface area contributed by atoms with E-state index in [4.69, 9.17) is 5.11 Å². The number of benzene rings is 2. The van der Waals surface area contributed by atoms with Crippen molar-refractivity contribution in [3.05, 3.63) is 60.0 Å². The Labute approximate surface area is 152 Å². The SMILES string of the molecule is O=C(O)c1ccc(N(c2cnc(-c3ccc(F)cc3)s2)[SH](=O)=O)c(O)c1. The molecule has 0 aliphatic carbocycles. The van der Waals surface area contributed by atoms with Gasteiger partial charge in [-0.2, -0.15) is 0 Å². The van der Waals surface area contributed by atoms with Crippen LogP contribution in [0, 0.1) is 5.82 Å². The van der Waals surface area contributed by atoms with Crippen molar-refractivity contribution in [2.24, 2.45) is 0 Å². The largest absolute Gasteiger partial charge is 0.506 e. The number of phenols is 1. The third-order valence-corrected chi connectivity index (χ3v) is 5.33. The number of hydrogen-bond acceptors (Lipinski definition) is 6. The number of aromatic carboxylic acids is 1.